The number of para-hydroxylation sites is 1. The standard InChI is InChI=1S/C24H25FN2O4S/c1-15-6-7-16-10-20(15)19-4-3-5-21(25)22(19)30-13-18-14-31-23(26-18)24(11-16)9-8-17(12-24)27-32(2,28)29/h3-7,10,14,17,27H,8-9,11-13H2,1-2H3/t17-,24+/m0/s1. The van der Waals surface area contributed by atoms with E-state index in [1.807, 2.05) is 19.1 Å². The summed E-state index contributed by atoms with van der Waals surface area (Å²) in [4.78, 5) is 4.68. The molecule has 0 unspecified atom stereocenters. The van der Waals surface area contributed by atoms with Gasteiger partial charge < -0.3 is 9.15 Å². The van der Waals surface area contributed by atoms with E-state index in [9.17, 15) is 12.8 Å². The van der Waals surface area contributed by atoms with Crippen LogP contribution < -0.4 is 9.46 Å². The van der Waals surface area contributed by atoms with E-state index in [1.165, 1.54) is 12.3 Å². The molecule has 5 rings (SSSR count). The van der Waals surface area contributed by atoms with E-state index in [4.69, 9.17) is 9.15 Å². The van der Waals surface area contributed by atoms with Crippen LogP contribution in [0, 0.1) is 12.7 Å². The second-order valence-electron chi connectivity index (χ2n) is 8.99. The lowest BCUT2D eigenvalue weighted by Gasteiger charge is -2.27. The zero-order valence-electron chi connectivity index (χ0n) is 18.0. The fourth-order valence-corrected chi connectivity index (χ4v) is 5.86. The highest BCUT2D eigenvalue weighted by Crippen LogP contribution is 2.45. The number of fused-ring (bicyclic) bond motifs is 7. The third-order valence-corrected chi connectivity index (χ3v) is 7.22. The average Bonchev–Trinajstić information content (AvgIpc) is 3.35. The van der Waals surface area contributed by atoms with Crippen LogP contribution in [0.25, 0.3) is 11.1 Å². The van der Waals surface area contributed by atoms with Gasteiger partial charge in [-0.25, -0.2) is 22.5 Å². The Morgan fingerprint density at radius 3 is 2.88 bits per heavy atom. The van der Waals surface area contributed by atoms with Crippen molar-refractivity contribution in [3.05, 3.63) is 71.2 Å². The first-order chi connectivity index (χ1) is 15.2. The van der Waals surface area contributed by atoms with Crippen LogP contribution in [0.15, 0.2) is 47.1 Å². The van der Waals surface area contributed by atoms with Crippen molar-refractivity contribution in [3.8, 4) is 16.9 Å². The quantitative estimate of drug-likeness (QED) is 0.623. The maximum Gasteiger partial charge on any atom is 0.208 e. The van der Waals surface area contributed by atoms with Gasteiger partial charge in [0, 0.05) is 11.6 Å². The van der Waals surface area contributed by atoms with E-state index in [2.05, 4.69) is 21.8 Å². The number of aromatic nitrogens is 1. The maximum absolute atomic E-state index is 14.7. The van der Waals surface area contributed by atoms with Gasteiger partial charge in [-0.2, -0.15) is 0 Å². The molecule has 0 saturated heterocycles. The van der Waals surface area contributed by atoms with Gasteiger partial charge in [0.05, 0.1) is 11.7 Å². The molecule has 8 heteroatoms. The first-order valence-corrected chi connectivity index (χ1v) is 12.5. The van der Waals surface area contributed by atoms with E-state index in [-0.39, 0.29) is 18.4 Å². The number of hydrogen-bond acceptors (Lipinski definition) is 5. The lowest BCUT2D eigenvalue weighted by atomic mass is 9.78. The van der Waals surface area contributed by atoms with Crippen LogP contribution in [0.5, 0.6) is 5.75 Å². The monoisotopic (exact) mass is 456 g/mol. The number of hydrogen-bond donors (Lipinski definition) is 1. The van der Waals surface area contributed by atoms with Crippen LogP contribution in [0.4, 0.5) is 4.39 Å². The topological polar surface area (TPSA) is 81.4 Å². The Hall–Kier alpha value is -2.71. The van der Waals surface area contributed by atoms with Crippen molar-refractivity contribution < 1.29 is 22.0 Å². The van der Waals surface area contributed by atoms with Crippen molar-refractivity contribution in [1.29, 1.82) is 0 Å². The molecule has 1 aliphatic carbocycles. The van der Waals surface area contributed by atoms with Crippen LogP contribution in [-0.2, 0) is 28.5 Å². The number of halogens is 1. The Kier molecular flexibility index (Phi) is 5.09. The molecular weight excluding hydrogens is 431 g/mol. The molecule has 2 aliphatic rings. The molecule has 0 radical (unpaired) electrons. The van der Waals surface area contributed by atoms with Crippen LogP contribution in [0.2, 0.25) is 0 Å². The third kappa shape index (κ3) is 3.93. The number of ether oxygens (including phenoxy) is 1. The number of sulfonamides is 1. The zero-order valence-corrected chi connectivity index (χ0v) is 18.8. The minimum atomic E-state index is -3.31. The van der Waals surface area contributed by atoms with Crippen molar-refractivity contribution in [2.45, 2.75) is 50.7 Å². The molecule has 3 aromatic rings. The summed E-state index contributed by atoms with van der Waals surface area (Å²) in [5, 5.41) is 0. The molecule has 1 N–H and O–H groups in total. The summed E-state index contributed by atoms with van der Waals surface area (Å²) in [6, 6.07) is 10.9. The van der Waals surface area contributed by atoms with Crippen molar-refractivity contribution in [2.24, 2.45) is 0 Å². The Morgan fingerprint density at radius 2 is 2.06 bits per heavy atom. The van der Waals surface area contributed by atoms with Gasteiger partial charge in [-0.1, -0.05) is 30.3 Å². The number of nitrogens with zero attached hydrogens (tertiary/aromatic N) is 1. The third-order valence-electron chi connectivity index (χ3n) is 6.46. The SMILES string of the molecule is Cc1ccc2cc1-c1cccc(F)c1OCc1coc(n1)[C@]1(CC[C@H](NS(C)(=O)=O)C1)C2. The molecule has 6 nitrogen and oxygen atoms in total. The summed E-state index contributed by atoms with van der Waals surface area (Å²) >= 11 is 0. The summed E-state index contributed by atoms with van der Waals surface area (Å²) < 4.78 is 52.9. The molecule has 2 heterocycles. The molecule has 0 amide bonds. The fourth-order valence-electron chi connectivity index (χ4n) is 5.05. The Labute approximate surface area is 186 Å². The van der Waals surface area contributed by atoms with Crippen LogP contribution >= 0.6 is 0 Å². The summed E-state index contributed by atoms with van der Waals surface area (Å²) in [6.45, 7) is 2.08. The predicted octanol–water partition coefficient (Wildman–Crippen LogP) is 4.26. The lowest BCUT2D eigenvalue weighted by Crippen LogP contribution is -2.35. The molecule has 2 aromatic carbocycles. The molecule has 1 spiro atoms. The minimum Gasteiger partial charge on any atom is -0.483 e. The second kappa shape index (κ2) is 7.71. The van der Waals surface area contributed by atoms with Gasteiger partial charge >= 0.3 is 0 Å². The van der Waals surface area contributed by atoms with Crippen molar-refractivity contribution in [3.63, 3.8) is 0 Å². The number of rotatable bonds is 2. The maximum atomic E-state index is 14.7. The smallest absolute Gasteiger partial charge is 0.208 e. The van der Waals surface area contributed by atoms with Gasteiger partial charge in [0.25, 0.3) is 0 Å². The van der Waals surface area contributed by atoms with Gasteiger partial charge in [-0.15, -0.1) is 0 Å². The highest BCUT2D eigenvalue weighted by Gasteiger charge is 2.45. The first kappa shape index (κ1) is 21.2. The molecule has 2 atom stereocenters. The van der Waals surface area contributed by atoms with Gasteiger partial charge in [0.1, 0.15) is 18.6 Å². The molecule has 1 aromatic heterocycles. The minimum absolute atomic E-state index is 0.0806. The predicted molar refractivity (Wildman–Crippen MR) is 118 cm³/mol. The van der Waals surface area contributed by atoms with E-state index in [1.54, 1.807) is 12.3 Å². The van der Waals surface area contributed by atoms with Gasteiger partial charge in [-0.05, 0) is 55.4 Å². The summed E-state index contributed by atoms with van der Waals surface area (Å²) in [6.07, 6.45) is 5.42. The number of nitrogens with one attached hydrogen (secondary N) is 1. The molecule has 1 saturated carbocycles. The molecule has 1 fully saturated rings. The van der Waals surface area contributed by atoms with E-state index < -0.39 is 21.3 Å². The van der Waals surface area contributed by atoms with E-state index in [0.29, 0.717) is 36.4 Å². The van der Waals surface area contributed by atoms with Crippen molar-refractivity contribution >= 4 is 10.0 Å². The highest BCUT2D eigenvalue weighted by molar-refractivity contribution is 7.88. The van der Waals surface area contributed by atoms with Gasteiger partial charge in [0.2, 0.25) is 15.9 Å². The van der Waals surface area contributed by atoms with E-state index >= 15 is 0 Å². The summed E-state index contributed by atoms with van der Waals surface area (Å²) in [7, 11) is -3.31. The first-order valence-electron chi connectivity index (χ1n) is 10.7. The number of aryl methyl sites for hydroxylation is 1. The molecular formula is C24H25FN2O4S. The lowest BCUT2D eigenvalue weighted by molar-refractivity contribution is 0.287. The van der Waals surface area contributed by atoms with Gasteiger partial charge in [0.15, 0.2) is 11.6 Å². The van der Waals surface area contributed by atoms with Crippen molar-refractivity contribution in [1.82, 2.24) is 9.71 Å². The zero-order chi connectivity index (χ0) is 22.5. The van der Waals surface area contributed by atoms with Crippen LogP contribution in [-0.4, -0.2) is 25.7 Å². The fraction of sp³-hybridized carbons (Fsp3) is 0.375. The number of oxazole rings is 1. The largest absolute Gasteiger partial charge is 0.483 e. The normalized spacial score (nSPS) is 22.7. The van der Waals surface area contributed by atoms with E-state index in [0.717, 1.165) is 23.1 Å². The summed E-state index contributed by atoms with van der Waals surface area (Å²) in [5.41, 5.74) is 3.84. The van der Waals surface area contributed by atoms with Crippen LogP contribution in [0.3, 0.4) is 0 Å². The molecule has 168 valence electrons. The number of benzene rings is 2. The Balaban J connectivity index is 1.62. The molecule has 32 heavy (non-hydrogen) atoms. The molecule has 4 bridgehead atoms. The van der Waals surface area contributed by atoms with Crippen LogP contribution in [0.1, 0.15) is 42.0 Å². The average molecular weight is 457 g/mol. The second-order valence-corrected chi connectivity index (χ2v) is 10.8. The van der Waals surface area contributed by atoms with Crippen molar-refractivity contribution in [2.75, 3.05) is 6.26 Å². The summed E-state index contributed by atoms with van der Waals surface area (Å²) in [5.74, 6) is 0.353. The highest BCUT2D eigenvalue weighted by atomic mass is 32.2. The molecule has 1 aliphatic heterocycles. The Morgan fingerprint density at radius 1 is 1.22 bits per heavy atom. The Bertz CT molecular complexity index is 1290. The van der Waals surface area contributed by atoms with Gasteiger partial charge in [-0.3, -0.25) is 0 Å².